The maximum atomic E-state index is 10.8. The average Bonchev–Trinajstić information content (AvgIpc) is 2.36. The van der Waals surface area contributed by atoms with Crippen molar-refractivity contribution in [3.63, 3.8) is 0 Å². The molecule has 0 spiro atoms. The van der Waals surface area contributed by atoms with E-state index in [1.165, 1.54) is 13.0 Å². The second-order valence-electron chi connectivity index (χ2n) is 4.28. The molecule has 0 saturated heterocycles. The van der Waals surface area contributed by atoms with Gasteiger partial charge in [-0.1, -0.05) is 24.3 Å². The van der Waals surface area contributed by atoms with Crippen LogP contribution in [0.4, 0.5) is 0 Å². The van der Waals surface area contributed by atoms with Gasteiger partial charge in [-0.2, -0.15) is 0 Å². The maximum absolute atomic E-state index is 10.8. The number of esters is 1. The lowest BCUT2D eigenvalue weighted by atomic mass is 10.1. The van der Waals surface area contributed by atoms with Gasteiger partial charge in [0, 0.05) is 13.0 Å². The molecule has 0 saturated carbocycles. The van der Waals surface area contributed by atoms with Crippen molar-refractivity contribution in [2.45, 2.75) is 6.92 Å². The zero-order chi connectivity index (χ0) is 14.5. The zero-order valence-electron chi connectivity index (χ0n) is 10.9. The summed E-state index contributed by atoms with van der Waals surface area (Å²) in [5.41, 5.74) is 1.59. The Hall–Kier alpha value is -2.75. The van der Waals surface area contributed by atoms with Gasteiger partial charge in [-0.05, 0) is 35.4 Å². The quantitative estimate of drug-likeness (QED) is 0.510. The van der Waals surface area contributed by atoms with E-state index >= 15 is 0 Å². The molecule has 2 N–H and O–H groups in total. The molecule has 0 aromatic heterocycles. The number of carbonyl (C=O) groups is 1. The molecule has 4 nitrogen and oxygen atoms in total. The third-order valence-corrected chi connectivity index (χ3v) is 2.53. The van der Waals surface area contributed by atoms with Crippen LogP contribution in [0.2, 0.25) is 0 Å². The number of aromatic hydroxyl groups is 2. The summed E-state index contributed by atoms with van der Waals surface area (Å²) in [4.78, 5) is 10.8. The third-order valence-electron chi connectivity index (χ3n) is 2.53. The highest BCUT2D eigenvalue weighted by atomic mass is 16.5. The first-order valence-electron chi connectivity index (χ1n) is 6.02. The molecular weight excluding hydrogens is 256 g/mol. The Labute approximate surface area is 116 Å². The summed E-state index contributed by atoms with van der Waals surface area (Å²) in [6.45, 7) is 1.35. The normalized spacial score (nSPS) is 10.7. The summed E-state index contributed by atoms with van der Waals surface area (Å²) in [5, 5.41) is 18.7. The predicted molar refractivity (Wildman–Crippen MR) is 76.5 cm³/mol. The maximum Gasteiger partial charge on any atom is 0.308 e. The van der Waals surface area contributed by atoms with Gasteiger partial charge in [0.25, 0.3) is 0 Å². The lowest BCUT2D eigenvalue weighted by Crippen LogP contribution is -2.00. The molecule has 0 aliphatic rings. The molecule has 0 bridgehead atoms. The molecular formula is C16H14O4. The van der Waals surface area contributed by atoms with E-state index in [2.05, 4.69) is 0 Å². The molecule has 0 unspecified atom stereocenters. The van der Waals surface area contributed by atoms with Crippen LogP contribution in [0.3, 0.4) is 0 Å². The molecule has 0 atom stereocenters. The molecule has 0 fully saturated rings. The van der Waals surface area contributed by atoms with Gasteiger partial charge < -0.3 is 14.9 Å². The number of hydrogen-bond donors (Lipinski definition) is 2. The van der Waals surface area contributed by atoms with E-state index < -0.39 is 0 Å². The van der Waals surface area contributed by atoms with Crippen LogP contribution in [0.1, 0.15) is 18.1 Å². The van der Waals surface area contributed by atoms with Crippen molar-refractivity contribution in [1.29, 1.82) is 0 Å². The lowest BCUT2D eigenvalue weighted by molar-refractivity contribution is -0.131. The standard InChI is InChI=1S/C16H14O4/c1-11(17)20-16-6-4-12(5-7-16)2-3-13-8-14(18)10-15(19)9-13/h2-10,18-19H,1H3/b3-2-. The Morgan fingerprint density at radius 3 is 2.05 bits per heavy atom. The molecule has 0 amide bonds. The van der Waals surface area contributed by atoms with Gasteiger partial charge in [-0.3, -0.25) is 4.79 Å². The minimum atomic E-state index is -0.358. The molecule has 4 heteroatoms. The highest BCUT2D eigenvalue weighted by molar-refractivity contribution is 5.72. The monoisotopic (exact) mass is 270 g/mol. The van der Waals surface area contributed by atoms with Crippen LogP contribution in [-0.4, -0.2) is 16.2 Å². The molecule has 102 valence electrons. The summed E-state index contributed by atoms with van der Waals surface area (Å²) < 4.78 is 4.93. The largest absolute Gasteiger partial charge is 0.508 e. The second-order valence-corrected chi connectivity index (χ2v) is 4.28. The Morgan fingerprint density at radius 2 is 1.50 bits per heavy atom. The molecule has 2 rings (SSSR count). The van der Waals surface area contributed by atoms with Crippen molar-refractivity contribution < 1.29 is 19.7 Å². The van der Waals surface area contributed by atoms with Crippen LogP contribution in [0.15, 0.2) is 42.5 Å². The van der Waals surface area contributed by atoms with Gasteiger partial charge in [0.2, 0.25) is 0 Å². The fourth-order valence-electron chi connectivity index (χ4n) is 1.72. The van der Waals surface area contributed by atoms with Crippen LogP contribution in [0.5, 0.6) is 17.2 Å². The molecule has 20 heavy (non-hydrogen) atoms. The van der Waals surface area contributed by atoms with E-state index in [1.807, 2.05) is 6.08 Å². The van der Waals surface area contributed by atoms with Gasteiger partial charge in [-0.25, -0.2) is 0 Å². The molecule has 2 aromatic rings. The molecule has 0 aliphatic carbocycles. The number of ether oxygens (including phenoxy) is 1. The van der Waals surface area contributed by atoms with Crippen molar-refractivity contribution >= 4 is 18.1 Å². The lowest BCUT2D eigenvalue weighted by Gasteiger charge is -2.01. The topological polar surface area (TPSA) is 66.8 Å². The van der Waals surface area contributed by atoms with E-state index in [0.29, 0.717) is 11.3 Å². The van der Waals surface area contributed by atoms with Crippen LogP contribution < -0.4 is 4.74 Å². The Kier molecular flexibility index (Phi) is 4.05. The molecule has 0 heterocycles. The first-order valence-corrected chi connectivity index (χ1v) is 6.02. The zero-order valence-corrected chi connectivity index (χ0v) is 10.9. The highest BCUT2D eigenvalue weighted by Crippen LogP contribution is 2.22. The van der Waals surface area contributed by atoms with Gasteiger partial charge in [0.05, 0.1) is 0 Å². The predicted octanol–water partition coefficient (Wildman–Crippen LogP) is 3.19. The third kappa shape index (κ3) is 3.88. The number of hydrogen-bond acceptors (Lipinski definition) is 4. The summed E-state index contributed by atoms with van der Waals surface area (Å²) in [7, 11) is 0. The number of benzene rings is 2. The van der Waals surface area contributed by atoms with E-state index in [-0.39, 0.29) is 17.5 Å². The van der Waals surface area contributed by atoms with Crippen LogP contribution in [0, 0.1) is 0 Å². The van der Waals surface area contributed by atoms with Crippen LogP contribution in [0.25, 0.3) is 12.2 Å². The van der Waals surface area contributed by atoms with Gasteiger partial charge in [-0.15, -0.1) is 0 Å². The summed E-state index contributed by atoms with van der Waals surface area (Å²) >= 11 is 0. The Morgan fingerprint density at radius 1 is 0.950 bits per heavy atom. The van der Waals surface area contributed by atoms with E-state index in [9.17, 15) is 15.0 Å². The number of phenolic OH excluding ortho intramolecular Hbond substituents is 2. The summed E-state index contributed by atoms with van der Waals surface area (Å²) in [5.74, 6) is 0.151. The van der Waals surface area contributed by atoms with Crippen LogP contribution >= 0.6 is 0 Å². The van der Waals surface area contributed by atoms with Gasteiger partial charge in [0.15, 0.2) is 0 Å². The van der Waals surface area contributed by atoms with Gasteiger partial charge >= 0.3 is 5.97 Å². The van der Waals surface area contributed by atoms with Crippen molar-refractivity contribution in [2.75, 3.05) is 0 Å². The first-order chi connectivity index (χ1) is 9.52. The number of rotatable bonds is 3. The van der Waals surface area contributed by atoms with E-state index in [0.717, 1.165) is 5.56 Å². The van der Waals surface area contributed by atoms with Gasteiger partial charge in [0.1, 0.15) is 17.2 Å². The fourth-order valence-corrected chi connectivity index (χ4v) is 1.72. The minimum absolute atomic E-state index is 0.00913. The fraction of sp³-hybridized carbons (Fsp3) is 0.0625. The summed E-state index contributed by atoms with van der Waals surface area (Å²) in [6.07, 6.45) is 3.59. The van der Waals surface area contributed by atoms with Crippen molar-refractivity contribution in [1.82, 2.24) is 0 Å². The smallest absolute Gasteiger partial charge is 0.308 e. The Bertz CT molecular complexity index is 622. The van der Waals surface area contributed by atoms with Crippen LogP contribution in [-0.2, 0) is 4.79 Å². The highest BCUT2D eigenvalue weighted by Gasteiger charge is 1.98. The molecule has 0 radical (unpaired) electrons. The first kappa shape index (κ1) is 13.7. The molecule has 2 aromatic carbocycles. The second kappa shape index (κ2) is 5.93. The van der Waals surface area contributed by atoms with E-state index in [1.54, 1.807) is 42.5 Å². The minimum Gasteiger partial charge on any atom is -0.508 e. The molecule has 0 aliphatic heterocycles. The summed E-state index contributed by atoms with van der Waals surface area (Å²) in [6, 6.07) is 11.4. The number of phenols is 2. The average molecular weight is 270 g/mol. The number of carbonyl (C=O) groups excluding carboxylic acids is 1. The van der Waals surface area contributed by atoms with Crippen molar-refractivity contribution in [2.24, 2.45) is 0 Å². The SMILES string of the molecule is CC(=O)Oc1ccc(/C=C\c2cc(O)cc(O)c2)cc1. The van der Waals surface area contributed by atoms with E-state index in [4.69, 9.17) is 4.74 Å². The van der Waals surface area contributed by atoms with Crippen molar-refractivity contribution in [3.8, 4) is 17.2 Å². The Balaban J connectivity index is 2.12. The van der Waals surface area contributed by atoms with Crippen molar-refractivity contribution in [3.05, 3.63) is 53.6 Å².